The fourth-order valence-electron chi connectivity index (χ4n) is 3.08. The Hall–Kier alpha value is -2.96. The minimum atomic E-state index is 0.687. The number of hydrogen-bond donors (Lipinski definition) is 1. The summed E-state index contributed by atoms with van der Waals surface area (Å²) in [6.45, 7) is 0.725. The van der Waals surface area contributed by atoms with Crippen molar-refractivity contribution in [2.45, 2.75) is 6.54 Å². The van der Waals surface area contributed by atoms with Gasteiger partial charge in [0.05, 0.1) is 12.1 Å². The van der Waals surface area contributed by atoms with Gasteiger partial charge < -0.3 is 5.32 Å². The zero-order valence-corrected chi connectivity index (χ0v) is 15.7. The van der Waals surface area contributed by atoms with E-state index in [4.69, 9.17) is 16.6 Å². The lowest BCUT2D eigenvalue weighted by Crippen LogP contribution is -2.04. The maximum atomic E-state index is 6.02. The molecule has 0 bridgehead atoms. The molecule has 0 saturated carbocycles. The van der Waals surface area contributed by atoms with Crippen LogP contribution in [0.5, 0.6) is 0 Å². The summed E-state index contributed by atoms with van der Waals surface area (Å²) in [6, 6.07) is 19.8. The van der Waals surface area contributed by atoms with E-state index in [0.29, 0.717) is 10.7 Å². The molecule has 1 N–H and O–H groups in total. The molecule has 5 rings (SSSR count). The number of hydrogen-bond acceptors (Lipinski definition) is 5. The van der Waals surface area contributed by atoms with Gasteiger partial charge in [0, 0.05) is 20.8 Å². The van der Waals surface area contributed by atoms with E-state index in [-0.39, 0.29) is 0 Å². The van der Waals surface area contributed by atoms with Crippen LogP contribution < -0.4 is 5.32 Å². The highest BCUT2D eigenvalue weighted by atomic mass is 35.5. The van der Waals surface area contributed by atoms with E-state index in [1.807, 2.05) is 48.5 Å². The Bertz CT molecular complexity index is 1230. The fraction of sp³-hybridized carbons (Fsp3) is 0.0500. The highest BCUT2D eigenvalue weighted by molar-refractivity contribution is 7.09. The van der Waals surface area contributed by atoms with Gasteiger partial charge in [0.2, 0.25) is 0 Å². The summed E-state index contributed by atoms with van der Waals surface area (Å²) < 4.78 is 1.79. The molecule has 0 aliphatic rings. The first-order valence-corrected chi connectivity index (χ1v) is 9.72. The first-order chi connectivity index (χ1) is 13.3. The first-order valence-electron chi connectivity index (χ1n) is 8.46. The number of rotatable bonds is 4. The minimum absolute atomic E-state index is 0.687. The third-order valence-corrected chi connectivity index (χ3v) is 5.51. The Labute approximate surface area is 164 Å². The van der Waals surface area contributed by atoms with Crippen LogP contribution in [-0.4, -0.2) is 19.8 Å². The van der Waals surface area contributed by atoms with Crippen molar-refractivity contribution in [1.29, 1.82) is 0 Å². The van der Waals surface area contributed by atoms with Crippen LogP contribution in [0.25, 0.3) is 27.8 Å². The molecule has 7 heteroatoms. The van der Waals surface area contributed by atoms with Gasteiger partial charge in [-0.1, -0.05) is 47.1 Å². The van der Waals surface area contributed by atoms with Crippen molar-refractivity contribution in [1.82, 2.24) is 19.8 Å². The van der Waals surface area contributed by atoms with Gasteiger partial charge in [0.25, 0.3) is 0 Å². The molecule has 2 aromatic carbocycles. The molecule has 27 heavy (non-hydrogen) atoms. The normalized spacial score (nSPS) is 11.3. The Balaban J connectivity index is 1.68. The van der Waals surface area contributed by atoms with Gasteiger partial charge in [-0.2, -0.15) is 4.52 Å². The Morgan fingerprint density at radius 3 is 2.67 bits per heavy atom. The van der Waals surface area contributed by atoms with Gasteiger partial charge in [-0.15, -0.1) is 16.4 Å². The minimum Gasteiger partial charge on any atom is -0.365 e. The van der Waals surface area contributed by atoms with E-state index < -0.39 is 0 Å². The van der Waals surface area contributed by atoms with Crippen molar-refractivity contribution >= 4 is 45.3 Å². The molecular formula is C20H14ClN5S. The average molecular weight is 392 g/mol. The summed E-state index contributed by atoms with van der Waals surface area (Å²) in [6.07, 6.45) is 0. The summed E-state index contributed by atoms with van der Waals surface area (Å²) >= 11 is 7.74. The molecule has 0 aliphatic carbocycles. The molecule has 132 valence electrons. The third-order valence-electron chi connectivity index (χ3n) is 4.38. The monoisotopic (exact) mass is 391 g/mol. The van der Waals surface area contributed by atoms with Crippen molar-refractivity contribution in [3.8, 4) is 11.3 Å². The number of para-hydroxylation sites is 1. The molecular weight excluding hydrogens is 378 g/mol. The highest BCUT2D eigenvalue weighted by Gasteiger charge is 2.15. The molecule has 5 aromatic rings. The first kappa shape index (κ1) is 16.2. The van der Waals surface area contributed by atoms with Crippen molar-refractivity contribution in [3.63, 3.8) is 0 Å². The van der Waals surface area contributed by atoms with Crippen LogP contribution in [0.2, 0.25) is 5.02 Å². The third kappa shape index (κ3) is 2.93. The van der Waals surface area contributed by atoms with Crippen molar-refractivity contribution < 1.29 is 0 Å². The van der Waals surface area contributed by atoms with E-state index >= 15 is 0 Å². The summed E-state index contributed by atoms with van der Waals surface area (Å²) in [4.78, 5) is 6.11. The lowest BCUT2D eigenvalue weighted by atomic mass is 10.1. The zero-order valence-electron chi connectivity index (χ0n) is 14.1. The van der Waals surface area contributed by atoms with Gasteiger partial charge in [-0.3, -0.25) is 0 Å². The molecule has 0 unspecified atom stereocenters. The number of nitrogens with zero attached hydrogens (tertiary/aromatic N) is 4. The summed E-state index contributed by atoms with van der Waals surface area (Å²) in [5.41, 5.74) is 3.34. The summed E-state index contributed by atoms with van der Waals surface area (Å²) in [5, 5.41) is 16.0. The number of aromatic nitrogens is 4. The van der Waals surface area contributed by atoms with Gasteiger partial charge in [0.15, 0.2) is 5.65 Å². The summed E-state index contributed by atoms with van der Waals surface area (Å²) in [7, 11) is 0. The molecule has 0 aliphatic heterocycles. The van der Waals surface area contributed by atoms with Crippen LogP contribution >= 0.6 is 22.9 Å². The molecule has 0 radical (unpaired) electrons. The average Bonchev–Trinajstić information content (AvgIpc) is 3.37. The molecule has 0 fully saturated rings. The number of halogens is 1. The van der Waals surface area contributed by atoms with Crippen molar-refractivity contribution in [2.24, 2.45) is 0 Å². The van der Waals surface area contributed by atoms with E-state index in [2.05, 4.69) is 33.1 Å². The van der Waals surface area contributed by atoms with Crippen LogP contribution in [0, 0.1) is 0 Å². The number of fused-ring (bicyclic) bond motifs is 3. The molecule has 5 nitrogen and oxygen atoms in total. The molecule has 0 atom stereocenters. The highest BCUT2D eigenvalue weighted by Crippen LogP contribution is 2.29. The molecule has 0 saturated heterocycles. The summed E-state index contributed by atoms with van der Waals surface area (Å²) in [5.74, 6) is 0.823. The standard InChI is InChI=1S/C20H14ClN5S/c21-14-9-7-13(8-10-14)18-20-23-19(22-12-15-4-3-11-27-15)16-5-1-2-6-17(16)26(20)25-24-18/h1-11H,12H2,(H,22,23). The Kier molecular flexibility index (Phi) is 3.99. The predicted molar refractivity (Wildman–Crippen MR) is 110 cm³/mol. The molecule has 0 spiro atoms. The smallest absolute Gasteiger partial charge is 0.186 e. The second kappa shape index (κ2) is 6.64. The largest absolute Gasteiger partial charge is 0.365 e. The van der Waals surface area contributed by atoms with Crippen molar-refractivity contribution in [2.75, 3.05) is 5.32 Å². The quantitative estimate of drug-likeness (QED) is 0.453. The van der Waals surface area contributed by atoms with Gasteiger partial charge in [-0.25, -0.2) is 4.98 Å². The van der Waals surface area contributed by atoms with Gasteiger partial charge >= 0.3 is 0 Å². The number of nitrogens with one attached hydrogen (secondary N) is 1. The topological polar surface area (TPSA) is 55.1 Å². The second-order valence-corrected chi connectivity index (χ2v) is 7.56. The van der Waals surface area contributed by atoms with E-state index in [9.17, 15) is 0 Å². The lowest BCUT2D eigenvalue weighted by Gasteiger charge is -2.10. The van der Waals surface area contributed by atoms with Gasteiger partial charge in [-0.05, 0) is 35.7 Å². The number of anilines is 1. The van der Waals surface area contributed by atoms with E-state index in [0.717, 1.165) is 34.5 Å². The predicted octanol–water partition coefficient (Wildman–Crippen LogP) is 5.27. The Morgan fingerprint density at radius 1 is 1.00 bits per heavy atom. The molecule has 3 heterocycles. The molecule has 3 aromatic heterocycles. The van der Waals surface area contributed by atoms with E-state index in [1.165, 1.54) is 4.88 Å². The second-order valence-electron chi connectivity index (χ2n) is 6.09. The zero-order chi connectivity index (χ0) is 18.2. The van der Waals surface area contributed by atoms with Crippen LogP contribution in [0.1, 0.15) is 4.88 Å². The fourth-order valence-corrected chi connectivity index (χ4v) is 3.85. The number of thiophene rings is 1. The van der Waals surface area contributed by atoms with Crippen molar-refractivity contribution in [3.05, 3.63) is 75.9 Å². The number of benzene rings is 2. The maximum Gasteiger partial charge on any atom is 0.186 e. The maximum absolute atomic E-state index is 6.02. The lowest BCUT2D eigenvalue weighted by molar-refractivity contribution is 0.876. The Morgan fingerprint density at radius 2 is 1.85 bits per heavy atom. The van der Waals surface area contributed by atoms with Crippen LogP contribution in [0.4, 0.5) is 5.82 Å². The van der Waals surface area contributed by atoms with Gasteiger partial charge in [0.1, 0.15) is 11.5 Å². The van der Waals surface area contributed by atoms with Crippen LogP contribution in [0.3, 0.4) is 0 Å². The van der Waals surface area contributed by atoms with Crippen LogP contribution in [-0.2, 0) is 6.54 Å². The van der Waals surface area contributed by atoms with Crippen LogP contribution in [0.15, 0.2) is 66.0 Å². The molecule has 0 amide bonds. The SMILES string of the molecule is Clc1ccc(-c2nnn3c2nc(NCc2cccs2)c2ccccc23)cc1. The van der Waals surface area contributed by atoms with E-state index in [1.54, 1.807) is 15.9 Å².